The molecule has 0 N–H and O–H groups in total. The Morgan fingerprint density at radius 1 is 1.08 bits per heavy atom. The Balaban J connectivity index is 1.39. The van der Waals surface area contributed by atoms with Crippen LogP contribution in [0.2, 0.25) is 0 Å². The van der Waals surface area contributed by atoms with E-state index in [0.717, 1.165) is 42.7 Å². The van der Waals surface area contributed by atoms with Crippen LogP contribution in [-0.4, -0.2) is 71.9 Å². The zero-order valence-corrected chi connectivity index (χ0v) is 22.1. The van der Waals surface area contributed by atoms with Crippen molar-refractivity contribution >= 4 is 11.8 Å². The normalized spacial score (nSPS) is 18.5. The number of carbonyl (C=O) groups excluding carboxylic acids is 2. The van der Waals surface area contributed by atoms with E-state index in [0.29, 0.717) is 31.1 Å². The van der Waals surface area contributed by atoms with Crippen molar-refractivity contribution in [3.63, 3.8) is 0 Å². The Morgan fingerprint density at radius 3 is 2.61 bits per heavy atom. The Bertz CT molecular complexity index is 1290. The molecule has 7 heteroatoms. The molecule has 0 unspecified atom stereocenters. The topological polar surface area (TPSA) is 66.2 Å². The van der Waals surface area contributed by atoms with Crippen LogP contribution >= 0.6 is 0 Å². The molecular weight excluding hydrogens is 478 g/mol. The van der Waals surface area contributed by atoms with Crippen molar-refractivity contribution in [3.05, 3.63) is 102 Å². The molecule has 2 aromatic carbocycles. The first kappa shape index (κ1) is 25.8. The minimum atomic E-state index is -0.610. The summed E-state index contributed by atoms with van der Waals surface area (Å²) in [4.78, 5) is 32.7. The Morgan fingerprint density at radius 2 is 1.89 bits per heavy atom. The molecule has 0 saturated carbocycles. The largest absolute Gasteiger partial charge is 0.481 e. The van der Waals surface area contributed by atoms with Gasteiger partial charge in [0.1, 0.15) is 5.75 Å². The predicted molar refractivity (Wildman–Crippen MR) is 146 cm³/mol. The highest BCUT2D eigenvalue weighted by Crippen LogP contribution is 2.38. The molecule has 1 saturated heterocycles. The van der Waals surface area contributed by atoms with Gasteiger partial charge in [-0.05, 0) is 61.2 Å². The number of benzene rings is 2. The lowest BCUT2D eigenvalue weighted by Gasteiger charge is -2.38. The third kappa shape index (κ3) is 5.38. The van der Waals surface area contributed by atoms with E-state index >= 15 is 0 Å². The van der Waals surface area contributed by atoms with Crippen molar-refractivity contribution in [2.75, 3.05) is 39.3 Å². The molecule has 2 aliphatic rings. The lowest BCUT2D eigenvalue weighted by Crippen LogP contribution is -2.51. The summed E-state index contributed by atoms with van der Waals surface area (Å²) in [6.45, 7) is 12.1. The van der Waals surface area contributed by atoms with Gasteiger partial charge in [-0.15, -0.1) is 6.58 Å². The quantitative estimate of drug-likeness (QED) is 0.436. The molecule has 38 heavy (non-hydrogen) atoms. The van der Waals surface area contributed by atoms with E-state index in [4.69, 9.17) is 9.15 Å². The van der Waals surface area contributed by atoms with E-state index in [1.165, 1.54) is 11.8 Å². The van der Waals surface area contributed by atoms with Gasteiger partial charge in [0.15, 0.2) is 11.9 Å². The number of rotatable bonds is 7. The van der Waals surface area contributed by atoms with E-state index in [1.54, 1.807) is 12.1 Å². The van der Waals surface area contributed by atoms with Gasteiger partial charge in [0.05, 0.1) is 12.3 Å². The van der Waals surface area contributed by atoms with Crippen LogP contribution in [0.1, 0.15) is 45.8 Å². The summed E-state index contributed by atoms with van der Waals surface area (Å²) in [7, 11) is 0. The van der Waals surface area contributed by atoms with E-state index < -0.39 is 6.10 Å². The summed E-state index contributed by atoms with van der Waals surface area (Å²) in [5, 5.41) is 0. The van der Waals surface area contributed by atoms with Gasteiger partial charge in [-0.3, -0.25) is 14.5 Å². The van der Waals surface area contributed by atoms with Gasteiger partial charge in [0.25, 0.3) is 11.8 Å². The summed E-state index contributed by atoms with van der Waals surface area (Å²) in [5.74, 6) is 0.800. The first-order chi connectivity index (χ1) is 18.4. The number of piperazine rings is 1. The van der Waals surface area contributed by atoms with Gasteiger partial charge in [-0.1, -0.05) is 42.0 Å². The van der Waals surface area contributed by atoms with Gasteiger partial charge >= 0.3 is 0 Å². The lowest BCUT2D eigenvalue weighted by atomic mass is 9.87. The minimum Gasteiger partial charge on any atom is -0.481 e. The molecule has 0 aliphatic carbocycles. The highest BCUT2D eigenvalue weighted by atomic mass is 16.5. The Labute approximate surface area is 224 Å². The number of furan rings is 1. The molecule has 7 nitrogen and oxygen atoms in total. The molecule has 2 amide bonds. The van der Waals surface area contributed by atoms with Crippen molar-refractivity contribution in [2.24, 2.45) is 0 Å². The zero-order chi connectivity index (χ0) is 26.6. The first-order valence-electron chi connectivity index (χ1n) is 13.3. The lowest BCUT2D eigenvalue weighted by molar-refractivity contribution is -0.139. The van der Waals surface area contributed by atoms with Crippen molar-refractivity contribution in [1.29, 1.82) is 0 Å². The molecule has 0 spiro atoms. The molecule has 198 valence electrons. The van der Waals surface area contributed by atoms with Crippen LogP contribution in [0, 0.1) is 6.92 Å². The summed E-state index contributed by atoms with van der Waals surface area (Å²) >= 11 is 0. The number of hydrogen-bond donors (Lipinski definition) is 0. The van der Waals surface area contributed by atoms with Gasteiger partial charge in [0.2, 0.25) is 0 Å². The van der Waals surface area contributed by atoms with Crippen LogP contribution in [0.3, 0.4) is 0 Å². The first-order valence-corrected chi connectivity index (χ1v) is 13.3. The standard InChI is InChI=1S/C31H35N3O4/c1-4-13-32-15-17-33(18-16-32)30(35)23(3)38-26-11-10-24-12-14-34(31(36)28-9-6-19-37-28)29(27(24)21-26)25-8-5-7-22(2)20-25/h4-11,19-21,23,29H,1,12-18H2,2-3H3/t23-,29+/m1/s1. The third-order valence-electron chi connectivity index (χ3n) is 7.43. The number of carbonyl (C=O) groups is 2. The number of amides is 2. The number of fused-ring (bicyclic) bond motifs is 1. The third-order valence-corrected chi connectivity index (χ3v) is 7.43. The molecule has 2 atom stereocenters. The van der Waals surface area contributed by atoms with Crippen molar-refractivity contribution in [1.82, 2.24) is 14.7 Å². The minimum absolute atomic E-state index is 0.00849. The highest BCUT2D eigenvalue weighted by molar-refractivity contribution is 5.92. The van der Waals surface area contributed by atoms with E-state index in [1.807, 2.05) is 41.0 Å². The molecule has 0 radical (unpaired) electrons. The average molecular weight is 514 g/mol. The van der Waals surface area contributed by atoms with Crippen molar-refractivity contribution < 1.29 is 18.7 Å². The molecule has 1 aromatic heterocycles. The Kier molecular flexibility index (Phi) is 7.65. The molecule has 0 bridgehead atoms. The number of ether oxygens (including phenoxy) is 1. The SMILES string of the molecule is C=CCN1CCN(C(=O)[C@@H](C)Oc2ccc3c(c2)[C@H](c2cccc(C)c2)N(C(=O)c2ccco2)CC3)CC1. The second kappa shape index (κ2) is 11.3. The predicted octanol–water partition coefficient (Wildman–Crippen LogP) is 4.47. The summed E-state index contributed by atoms with van der Waals surface area (Å²) in [6, 6.07) is 17.4. The molecule has 5 rings (SSSR count). The van der Waals surface area contributed by atoms with Crippen LogP contribution in [0.15, 0.2) is 77.9 Å². The van der Waals surface area contributed by atoms with Crippen LogP contribution in [0.4, 0.5) is 0 Å². The second-order valence-corrected chi connectivity index (χ2v) is 10.1. The number of aryl methyl sites for hydroxylation is 1. The van der Waals surface area contributed by atoms with Crippen LogP contribution in [0.25, 0.3) is 0 Å². The second-order valence-electron chi connectivity index (χ2n) is 10.1. The van der Waals surface area contributed by atoms with Crippen molar-refractivity contribution in [2.45, 2.75) is 32.4 Å². The van der Waals surface area contributed by atoms with E-state index in [-0.39, 0.29) is 17.9 Å². The van der Waals surface area contributed by atoms with Crippen LogP contribution in [0.5, 0.6) is 5.75 Å². The van der Waals surface area contributed by atoms with Crippen molar-refractivity contribution in [3.8, 4) is 5.75 Å². The smallest absolute Gasteiger partial charge is 0.290 e. The van der Waals surface area contributed by atoms with Crippen LogP contribution < -0.4 is 4.74 Å². The van der Waals surface area contributed by atoms with E-state index in [9.17, 15) is 9.59 Å². The maximum absolute atomic E-state index is 13.5. The summed E-state index contributed by atoms with van der Waals surface area (Å²) in [5.41, 5.74) is 4.34. The molecular formula is C31H35N3O4. The number of nitrogens with zero attached hydrogens (tertiary/aromatic N) is 3. The Hall–Kier alpha value is -3.84. The molecule has 3 heterocycles. The molecule has 1 fully saturated rings. The number of hydrogen-bond acceptors (Lipinski definition) is 5. The fourth-order valence-electron chi connectivity index (χ4n) is 5.47. The maximum Gasteiger partial charge on any atom is 0.290 e. The molecule has 3 aromatic rings. The van der Waals surface area contributed by atoms with Gasteiger partial charge < -0.3 is 19.0 Å². The monoisotopic (exact) mass is 513 g/mol. The maximum atomic E-state index is 13.5. The van der Waals surface area contributed by atoms with E-state index in [2.05, 4.69) is 42.7 Å². The average Bonchev–Trinajstić information content (AvgIpc) is 3.47. The fraction of sp³-hybridized carbons (Fsp3) is 0.355. The van der Waals surface area contributed by atoms with Crippen LogP contribution in [-0.2, 0) is 11.2 Å². The zero-order valence-electron chi connectivity index (χ0n) is 22.1. The summed E-state index contributed by atoms with van der Waals surface area (Å²) in [6.07, 6.45) is 3.54. The fourth-order valence-corrected chi connectivity index (χ4v) is 5.47. The van der Waals surface area contributed by atoms with Gasteiger partial charge in [0, 0.05) is 39.3 Å². The highest BCUT2D eigenvalue weighted by Gasteiger charge is 2.34. The van der Waals surface area contributed by atoms with Gasteiger partial charge in [-0.25, -0.2) is 0 Å². The summed E-state index contributed by atoms with van der Waals surface area (Å²) < 4.78 is 11.7. The van der Waals surface area contributed by atoms with Gasteiger partial charge in [-0.2, -0.15) is 0 Å². The molecule has 2 aliphatic heterocycles.